The van der Waals surface area contributed by atoms with Crippen LogP contribution in [0.15, 0.2) is 11.5 Å². The second kappa shape index (κ2) is 4.93. The molecule has 0 N–H and O–H groups in total. The molecule has 1 saturated heterocycles. The predicted octanol–water partition coefficient (Wildman–Crippen LogP) is 3.75. The van der Waals surface area contributed by atoms with E-state index in [0.717, 1.165) is 6.42 Å². The smallest absolute Gasteiger partial charge is 0.400 e. The summed E-state index contributed by atoms with van der Waals surface area (Å²) in [6.45, 7) is 12.7. The third kappa shape index (κ3) is 3.11. The zero-order chi connectivity index (χ0) is 12.4. The molecule has 1 aliphatic heterocycles. The van der Waals surface area contributed by atoms with Crippen LogP contribution in [-0.2, 0) is 9.31 Å². The molecule has 0 radical (unpaired) electrons. The molecule has 0 bridgehead atoms. The van der Waals surface area contributed by atoms with Crippen LogP contribution < -0.4 is 0 Å². The minimum absolute atomic E-state index is 0.179. The Bertz CT molecular complexity index is 253. The summed E-state index contributed by atoms with van der Waals surface area (Å²) in [7, 11) is -0.179. The topological polar surface area (TPSA) is 18.5 Å². The quantitative estimate of drug-likeness (QED) is 0.677. The molecule has 1 fully saturated rings. The first-order valence-electron chi connectivity index (χ1n) is 6.31. The summed E-state index contributed by atoms with van der Waals surface area (Å²) in [5, 5.41) is 0. The maximum atomic E-state index is 5.92. The molecule has 0 aliphatic carbocycles. The summed E-state index contributed by atoms with van der Waals surface area (Å²) in [5.74, 6) is 2.12. The predicted molar refractivity (Wildman–Crippen MR) is 69.4 cm³/mol. The number of allylic oxidation sites excluding steroid dienone is 1. The lowest BCUT2D eigenvalue weighted by atomic mass is 9.86. The van der Waals surface area contributed by atoms with Crippen LogP contribution in [-0.4, -0.2) is 18.3 Å². The van der Waals surface area contributed by atoms with Gasteiger partial charge in [0.1, 0.15) is 0 Å². The third-order valence-corrected chi connectivity index (χ3v) is 3.62. The molecule has 0 aromatic heterocycles. The Morgan fingerprint density at radius 3 is 2.06 bits per heavy atom. The Labute approximate surface area is 101 Å². The SMILES string of the molecule is CCCC/C(C)=C/B1OC(C)(C)C(C)(C)O1. The van der Waals surface area contributed by atoms with E-state index in [9.17, 15) is 0 Å². The molecule has 0 spiro atoms. The van der Waals surface area contributed by atoms with Gasteiger partial charge in [-0.2, -0.15) is 0 Å². The second-order valence-electron chi connectivity index (χ2n) is 5.74. The lowest BCUT2D eigenvalue weighted by Gasteiger charge is -2.32. The van der Waals surface area contributed by atoms with Crippen LogP contribution in [0.1, 0.15) is 60.8 Å². The minimum Gasteiger partial charge on any atom is -0.400 e. The van der Waals surface area contributed by atoms with Crippen molar-refractivity contribution in [1.82, 2.24) is 0 Å². The van der Waals surface area contributed by atoms with E-state index >= 15 is 0 Å². The number of unbranched alkanes of at least 4 members (excludes halogenated alkanes) is 1. The Hall–Kier alpha value is -0.275. The molecule has 0 atom stereocenters. The van der Waals surface area contributed by atoms with Crippen LogP contribution >= 0.6 is 0 Å². The van der Waals surface area contributed by atoms with Gasteiger partial charge in [-0.15, -0.1) is 0 Å². The highest BCUT2D eigenvalue weighted by atomic mass is 16.7. The van der Waals surface area contributed by atoms with Gasteiger partial charge in [0.2, 0.25) is 0 Å². The van der Waals surface area contributed by atoms with Crippen molar-refractivity contribution in [3.63, 3.8) is 0 Å². The molecule has 0 amide bonds. The average molecular weight is 224 g/mol. The van der Waals surface area contributed by atoms with Gasteiger partial charge >= 0.3 is 7.12 Å². The van der Waals surface area contributed by atoms with Crippen LogP contribution in [0, 0.1) is 0 Å². The Morgan fingerprint density at radius 1 is 1.12 bits per heavy atom. The minimum atomic E-state index is -0.223. The molecule has 3 heteroatoms. The van der Waals surface area contributed by atoms with Crippen LogP contribution in [0.3, 0.4) is 0 Å². The van der Waals surface area contributed by atoms with Crippen LogP contribution in [0.4, 0.5) is 0 Å². The van der Waals surface area contributed by atoms with E-state index in [1.165, 1.54) is 18.4 Å². The second-order valence-corrected chi connectivity index (χ2v) is 5.74. The monoisotopic (exact) mass is 224 g/mol. The van der Waals surface area contributed by atoms with Gasteiger partial charge in [0.15, 0.2) is 0 Å². The van der Waals surface area contributed by atoms with Crippen LogP contribution in [0.5, 0.6) is 0 Å². The number of hydrogen-bond acceptors (Lipinski definition) is 2. The zero-order valence-corrected chi connectivity index (χ0v) is 11.6. The standard InChI is InChI=1S/C13H25BO2/c1-7-8-9-11(2)10-14-15-12(3,4)13(5,6)16-14/h10H,7-9H2,1-6H3/b11-10+. The highest BCUT2D eigenvalue weighted by molar-refractivity contribution is 6.51. The van der Waals surface area contributed by atoms with Crippen molar-refractivity contribution < 1.29 is 9.31 Å². The largest absolute Gasteiger partial charge is 0.487 e. The maximum Gasteiger partial charge on any atom is 0.487 e. The van der Waals surface area contributed by atoms with Gasteiger partial charge in [0, 0.05) is 0 Å². The molecule has 1 aliphatic rings. The first kappa shape index (κ1) is 13.8. The summed E-state index contributed by atoms with van der Waals surface area (Å²) in [4.78, 5) is 0. The molecule has 0 saturated carbocycles. The molecule has 0 unspecified atom stereocenters. The van der Waals surface area contributed by atoms with E-state index < -0.39 is 0 Å². The van der Waals surface area contributed by atoms with Gasteiger partial charge in [-0.3, -0.25) is 0 Å². The first-order valence-corrected chi connectivity index (χ1v) is 6.31. The summed E-state index contributed by atoms with van der Waals surface area (Å²) < 4.78 is 11.8. The fourth-order valence-corrected chi connectivity index (χ4v) is 1.73. The van der Waals surface area contributed by atoms with Gasteiger partial charge in [-0.25, -0.2) is 0 Å². The first-order chi connectivity index (χ1) is 7.28. The highest BCUT2D eigenvalue weighted by Crippen LogP contribution is 2.37. The fourth-order valence-electron chi connectivity index (χ4n) is 1.73. The van der Waals surface area contributed by atoms with Crippen molar-refractivity contribution in [1.29, 1.82) is 0 Å². The van der Waals surface area contributed by atoms with E-state index in [1.54, 1.807) is 0 Å². The van der Waals surface area contributed by atoms with E-state index in [4.69, 9.17) is 9.31 Å². The molecule has 0 aromatic rings. The lowest BCUT2D eigenvalue weighted by Crippen LogP contribution is -2.41. The van der Waals surface area contributed by atoms with Crippen molar-refractivity contribution in [3.8, 4) is 0 Å². The Balaban J connectivity index is 2.59. The van der Waals surface area contributed by atoms with E-state index in [2.05, 4.69) is 47.5 Å². The normalized spacial score (nSPS) is 23.9. The van der Waals surface area contributed by atoms with E-state index in [0.29, 0.717) is 0 Å². The molecule has 92 valence electrons. The molecule has 2 nitrogen and oxygen atoms in total. The number of rotatable bonds is 4. The molecule has 1 heterocycles. The molecular weight excluding hydrogens is 199 g/mol. The fraction of sp³-hybridized carbons (Fsp3) is 0.846. The summed E-state index contributed by atoms with van der Waals surface area (Å²) in [6.07, 6.45) is 3.61. The molecule has 16 heavy (non-hydrogen) atoms. The van der Waals surface area contributed by atoms with Gasteiger partial charge in [-0.1, -0.05) is 24.9 Å². The zero-order valence-electron chi connectivity index (χ0n) is 11.6. The summed E-state index contributed by atoms with van der Waals surface area (Å²) >= 11 is 0. The van der Waals surface area contributed by atoms with Gasteiger partial charge in [-0.05, 0) is 47.5 Å². The van der Waals surface area contributed by atoms with E-state index in [1.807, 2.05) is 0 Å². The van der Waals surface area contributed by atoms with Gasteiger partial charge in [0.25, 0.3) is 0 Å². The summed E-state index contributed by atoms with van der Waals surface area (Å²) in [5.41, 5.74) is 0.915. The van der Waals surface area contributed by atoms with Crippen molar-refractivity contribution in [2.75, 3.05) is 0 Å². The molecule has 1 rings (SSSR count). The Kier molecular flexibility index (Phi) is 4.25. The van der Waals surface area contributed by atoms with Crippen molar-refractivity contribution >= 4 is 7.12 Å². The highest BCUT2D eigenvalue weighted by Gasteiger charge is 2.50. The van der Waals surface area contributed by atoms with Crippen molar-refractivity contribution in [3.05, 3.63) is 11.5 Å². The lowest BCUT2D eigenvalue weighted by molar-refractivity contribution is 0.00578. The third-order valence-electron chi connectivity index (χ3n) is 3.62. The molecule has 0 aromatic carbocycles. The maximum absolute atomic E-state index is 5.92. The van der Waals surface area contributed by atoms with Crippen LogP contribution in [0.2, 0.25) is 0 Å². The molecular formula is C13H25BO2. The van der Waals surface area contributed by atoms with E-state index in [-0.39, 0.29) is 18.3 Å². The summed E-state index contributed by atoms with van der Waals surface area (Å²) in [6, 6.07) is 0. The van der Waals surface area contributed by atoms with Crippen LogP contribution in [0.25, 0.3) is 0 Å². The van der Waals surface area contributed by atoms with Gasteiger partial charge in [0.05, 0.1) is 11.2 Å². The average Bonchev–Trinajstić information content (AvgIpc) is 2.31. The van der Waals surface area contributed by atoms with Crippen molar-refractivity contribution in [2.24, 2.45) is 0 Å². The van der Waals surface area contributed by atoms with Gasteiger partial charge < -0.3 is 9.31 Å². The Morgan fingerprint density at radius 2 is 1.62 bits per heavy atom. The van der Waals surface area contributed by atoms with Crippen molar-refractivity contribution in [2.45, 2.75) is 72.0 Å². The number of hydrogen-bond donors (Lipinski definition) is 0.